The summed E-state index contributed by atoms with van der Waals surface area (Å²) in [6.45, 7) is 4.57. The van der Waals surface area contributed by atoms with E-state index < -0.39 is 5.41 Å². The van der Waals surface area contributed by atoms with Crippen LogP contribution in [0.25, 0.3) is 50.5 Å². The van der Waals surface area contributed by atoms with Gasteiger partial charge in [-0.05, 0) is 92.7 Å². The Labute approximate surface area is 293 Å². The van der Waals surface area contributed by atoms with Gasteiger partial charge in [0.2, 0.25) is 0 Å². The fourth-order valence-electron chi connectivity index (χ4n) is 8.07. The van der Waals surface area contributed by atoms with Crippen LogP contribution >= 0.6 is 0 Å². The van der Waals surface area contributed by atoms with E-state index in [1.807, 2.05) is 30.5 Å². The van der Waals surface area contributed by atoms with Gasteiger partial charge in [-0.1, -0.05) is 147 Å². The van der Waals surface area contributed by atoms with Crippen LogP contribution in [0, 0.1) is 5.92 Å². The molecule has 2 heterocycles. The van der Waals surface area contributed by atoms with Crippen molar-refractivity contribution in [3.63, 3.8) is 0 Å². The van der Waals surface area contributed by atoms with Crippen molar-refractivity contribution in [1.29, 1.82) is 0 Å². The highest BCUT2D eigenvalue weighted by Gasteiger charge is 2.45. The number of rotatable bonds is 7. The second kappa shape index (κ2) is 12.1. The molecule has 1 aliphatic rings. The number of imidazole rings is 1. The molecule has 2 aromatic heterocycles. The first kappa shape index (κ1) is 30.0. The maximum atomic E-state index is 5.06. The summed E-state index contributed by atoms with van der Waals surface area (Å²) in [7, 11) is 0. The number of fused-ring (bicyclic) bond motifs is 4. The highest BCUT2D eigenvalue weighted by molar-refractivity contribution is 5.87. The van der Waals surface area contributed by atoms with Crippen LogP contribution in [0.4, 0.5) is 0 Å². The smallest absolute Gasteiger partial charge is 0.146 e. The average Bonchev–Trinajstić information content (AvgIpc) is 3.70. The number of hydrogen-bond acceptors (Lipinski definition) is 2. The van der Waals surface area contributed by atoms with Gasteiger partial charge in [-0.3, -0.25) is 4.57 Å². The summed E-state index contributed by atoms with van der Waals surface area (Å²) in [4.78, 5) is 9.73. The number of benzene rings is 6. The normalized spacial score (nSPS) is 13.0. The molecular formula is C47H37N3. The highest BCUT2D eigenvalue weighted by Crippen LogP contribution is 2.56. The lowest BCUT2D eigenvalue weighted by Crippen LogP contribution is -2.28. The first-order valence-electron chi connectivity index (χ1n) is 17.5. The number of pyridine rings is 1. The van der Waals surface area contributed by atoms with E-state index in [9.17, 15) is 0 Å². The van der Waals surface area contributed by atoms with Crippen LogP contribution in [0.2, 0.25) is 0 Å². The van der Waals surface area contributed by atoms with Gasteiger partial charge in [0.25, 0.3) is 0 Å². The average molecular weight is 644 g/mol. The Bertz CT molecular complexity index is 2430. The van der Waals surface area contributed by atoms with Crippen LogP contribution in [0.1, 0.15) is 41.7 Å². The van der Waals surface area contributed by atoms with Gasteiger partial charge >= 0.3 is 0 Å². The third-order valence-corrected chi connectivity index (χ3v) is 10.2. The molecule has 0 fully saturated rings. The molecule has 0 saturated heterocycles. The van der Waals surface area contributed by atoms with Crippen molar-refractivity contribution in [2.45, 2.75) is 25.7 Å². The number of hydrogen-bond donors (Lipinski definition) is 0. The maximum Gasteiger partial charge on any atom is 0.146 e. The quantitative estimate of drug-likeness (QED) is 0.173. The van der Waals surface area contributed by atoms with Gasteiger partial charge in [0, 0.05) is 11.8 Å². The number of nitrogens with zero attached hydrogens (tertiary/aromatic N) is 3. The van der Waals surface area contributed by atoms with Crippen LogP contribution in [0.3, 0.4) is 0 Å². The monoisotopic (exact) mass is 643 g/mol. The second-order valence-electron chi connectivity index (χ2n) is 13.7. The van der Waals surface area contributed by atoms with E-state index in [4.69, 9.17) is 4.98 Å². The van der Waals surface area contributed by atoms with Crippen LogP contribution < -0.4 is 0 Å². The Morgan fingerprint density at radius 1 is 0.560 bits per heavy atom. The van der Waals surface area contributed by atoms with Gasteiger partial charge in [-0.2, -0.15) is 0 Å². The minimum absolute atomic E-state index is 0.437. The Morgan fingerprint density at radius 2 is 1.22 bits per heavy atom. The van der Waals surface area contributed by atoms with E-state index in [0.29, 0.717) is 5.92 Å². The van der Waals surface area contributed by atoms with Gasteiger partial charge in [0.05, 0.1) is 16.4 Å². The van der Waals surface area contributed by atoms with E-state index in [-0.39, 0.29) is 0 Å². The first-order chi connectivity index (χ1) is 24.6. The summed E-state index contributed by atoms with van der Waals surface area (Å²) < 4.78 is 2.15. The lowest BCUT2D eigenvalue weighted by Gasteiger charge is -2.34. The van der Waals surface area contributed by atoms with Crippen molar-refractivity contribution in [3.05, 3.63) is 198 Å². The lowest BCUT2D eigenvalue weighted by atomic mass is 9.67. The van der Waals surface area contributed by atoms with Crippen LogP contribution in [0.5, 0.6) is 0 Å². The lowest BCUT2D eigenvalue weighted by molar-refractivity contribution is 0.646. The molecule has 1 aliphatic carbocycles. The summed E-state index contributed by atoms with van der Waals surface area (Å²) in [5.74, 6) is 2.34. The molecule has 3 heteroatoms. The van der Waals surface area contributed by atoms with E-state index >= 15 is 0 Å². The van der Waals surface area contributed by atoms with Gasteiger partial charge < -0.3 is 0 Å². The van der Waals surface area contributed by atoms with Crippen molar-refractivity contribution >= 4 is 11.0 Å². The molecule has 240 valence electrons. The Balaban J connectivity index is 1.18. The molecule has 0 spiro atoms. The molecule has 0 saturated carbocycles. The number of aromatic nitrogens is 3. The molecule has 0 N–H and O–H groups in total. The fourth-order valence-corrected chi connectivity index (χ4v) is 8.07. The van der Waals surface area contributed by atoms with Gasteiger partial charge in [-0.15, -0.1) is 0 Å². The van der Waals surface area contributed by atoms with Crippen molar-refractivity contribution in [3.8, 4) is 39.5 Å². The van der Waals surface area contributed by atoms with Crippen LogP contribution in [0.15, 0.2) is 170 Å². The molecule has 0 unspecified atom stereocenters. The van der Waals surface area contributed by atoms with E-state index in [2.05, 4.69) is 163 Å². The third kappa shape index (κ3) is 4.81. The highest BCUT2D eigenvalue weighted by atomic mass is 15.1. The van der Waals surface area contributed by atoms with E-state index in [1.165, 1.54) is 44.5 Å². The zero-order valence-electron chi connectivity index (χ0n) is 28.3. The maximum absolute atomic E-state index is 5.06. The Morgan fingerprint density at radius 3 is 1.92 bits per heavy atom. The first-order valence-corrected chi connectivity index (χ1v) is 17.5. The van der Waals surface area contributed by atoms with Crippen molar-refractivity contribution in [2.75, 3.05) is 0 Å². The third-order valence-electron chi connectivity index (χ3n) is 10.2. The largest absolute Gasteiger partial charge is 0.276 e. The zero-order valence-corrected chi connectivity index (χ0v) is 28.3. The SMILES string of the molecule is CC(C)Cc1ccc(C2(c3cccc(-c4ccc(-c5nc6ccccc6n5-c5ccccn5)cc4)c3)c3ccccc3-c3ccccc32)cc1. The topological polar surface area (TPSA) is 30.7 Å². The van der Waals surface area contributed by atoms with Crippen molar-refractivity contribution in [2.24, 2.45) is 5.92 Å². The summed E-state index contributed by atoms with van der Waals surface area (Å²) in [6, 6.07) is 59.6. The predicted molar refractivity (Wildman–Crippen MR) is 206 cm³/mol. The molecule has 9 rings (SSSR count). The molecule has 0 amide bonds. The van der Waals surface area contributed by atoms with Gasteiger partial charge in [0.15, 0.2) is 0 Å². The fraction of sp³-hybridized carbons (Fsp3) is 0.106. The summed E-state index contributed by atoms with van der Waals surface area (Å²) in [5.41, 5.74) is 14.2. The molecule has 0 radical (unpaired) electrons. The molecule has 3 nitrogen and oxygen atoms in total. The van der Waals surface area contributed by atoms with E-state index in [1.54, 1.807) is 0 Å². The van der Waals surface area contributed by atoms with Crippen molar-refractivity contribution < 1.29 is 0 Å². The molecule has 6 aromatic carbocycles. The molecule has 0 atom stereocenters. The summed E-state index contributed by atoms with van der Waals surface area (Å²) in [6.07, 6.45) is 2.90. The standard InChI is InChI=1S/C47H37N3/c1-32(2)30-33-21-27-37(28-22-33)47(41-16-5-3-14-39(41)40-15-4-6-17-42(40)47)38-13-11-12-36(31-38)34-23-25-35(26-24-34)46-49-43-18-7-8-19-44(43)50(46)45-20-9-10-29-48-45/h3-29,31-32H,30H2,1-2H3. The minimum Gasteiger partial charge on any atom is -0.276 e. The van der Waals surface area contributed by atoms with Gasteiger partial charge in [-0.25, -0.2) is 9.97 Å². The summed E-state index contributed by atoms with van der Waals surface area (Å²) >= 11 is 0. The van der Waals surface area contributed by atoms with Crippen LogP contribution in [-0.2, 0) is 11.8 Å². The summed E-state index contributed by atoms with van der Waals surface area (Å²) in [5, 5.41) is 0. The second-order valence-corrected chi connectivity index (χ2v) is 13.7. The Kier molecular flexibility index (Phi) is 7.28. The molecule has 0 aliphatic heterocycles. The van der Waals surface area contributed by atoms with Crippen molar-refractivity contribution in [1.82, 2.24) is 14.5 Å². The van der Waals surface area contributed by atoms with Crippen LogP contribution in [-0.4, -0.2) is 14.5 Å². The molecule has 50 heavy (non-hydrogen) atoms. The molecule has 0 bridgehead atoms. The molecular weight excluding hydrogens is 607 g/mol. The minimum atomic E-state index is -0.437. The zero-order chi connectivity index (χ0) is 33.7. The van der Waals surface area contributed by atoms with E-state index in [0.717, 1.165) is 40.2 Å². The molecule has 8 aromatic rings. The van der Waals surface area contributed by atoms with Gasteiger partial charge in [0.1, 0.15) is 11.6 Å². The Hall–Kier alpha value is -6.06. The number of para-hydroxylation sites is 2. The predicted octanol–water partition coefficient (Wildman–Crippen LogP) is 11.3.